The number of hydrogen-bond acceptors (Lipinski definition) is 6. The topological polar surface area (TPSA) is 105 Å². The molecular weight excluding hydrogens is 422 g/mol. The Hall–Kier alpha value is -4.27. The van der Waals surface area contributed by atoms with E-state index in [0.29, 0.717) is 17.8 Å². The Morgan fingerprint density at radius 2 is 1.85 bits per heavy atom. The molecule has 1 atom stereocenters. The number of carbonyl (C=O) groups is 3. The zero-order valence-electron chi connectivity index (χ0n) is 17.9. The number of benzene rings is 2. The number of methoxy groups -OCH3 is 1. The number of aromatic nitrogens is 2. The third-order valence-corrected chi connectivity index (χ3v) is 5.94. The van der Waals surface area contributed by atoms with Crippen molar-refractivity contribution < 1.29 is 19.1 Å². The summed E-state index contributed by atoms with van der Waals surface area (Å²) in [6.45, 7) is 0.639. The molecule has 9 nitrogen and oxygen atoms in total. The van der Waals surface area contributed by atoms with Crippen LogP contribution in [0.2, 0.25) is 0 Å². The lowest BCUT2D eigenvalue weighted by atomic mass is 10.0. The van der Waals surface area contributed by atoms with Crippen molar-refractivity contribution in [1.82, 2.24) is 19.8 Å². The number of ether oxygens (including phenoxy) is 1. The van der Waals surface area contributed by atoms with Crippen molar-refractivity contribution in [2.24, 2.45) is 0 Å². The number of rotatable bonds is 3. The molecule has 3 amide bonds. The van der Waals surface area contributed by atoms with E-state index in [9.17, 15) is 14.4 Å². The number of hydrogen-bond donors (Lipinski definition) is 1. The lowest BCUT2D eigenvalue weighted by molar-refractivity contribution is -0.121. The summed E-state index contributed by atoms with van der Waals surface area (Å²) in [6.07, 6.45) is 4.33. The van der Waals surface area contributed by atoms with Gasteiger partial charge in [-0.3, -0.25) is 19.4 Å². The van der Waals surface area contributed by atoms with Crippen LogP contribution in [-0.4, -0.2) is 70.3 Å². The van der Waals surface area contributed by atoms with Gasteiger partial charge in [-0.25, -0.2) is 4.98 Å². The molecule has 0 spiro atoms. The van der Waals surface area contributed by atoms with Gasteiger partial charge in [0.05, 0.1) is 31.1 Å². The maximum absolute atomic E-state index is 13.4. The minimum atomic E-state index is -0.788. The zero-order valence-corrected chi connectivity index (χ0v) is 17.9. The quantitative estimate of drug-likeness (QED) is 0.665. The predicted molar refractivity (Wildman–Crippen MR) is 120 cm³/mol. The maximum atomic E-state index is 13.4. The monoisotopic (exact) mass is 443 g/mol. The maximum Gasteiger partial charge on any atom is 0.274 e. The minimum Gasteiger partial charge on any atom is -0.497 e. The highest BCUT2D eigenvalue weighted by molar-refractivity contribution is 6.11. The molecule has 1 unspecified atom stereocenters. The highest BCUT2D eigenvalue weighted by Crippen LogP contribution is 2.31. The van der Waals surface area contributed by atoms with Crippen LogP contribution < -0.4 is 10.1 Å². The van der Waals surface area contributed by atoms with Crippen molar-refractivity contribution in [2.75, 3.05) is 32.1 Å². The average Bonchev–Trinajstić information content (AvgIpc) is 2.98. The molecular formula is C24H21N5O4. The molecule has 2 aliphatic heterocycles. The summed E-state index contributed by atoms with van der Waals surface area (Å²) in [4.78, 5) is 50.3. The first-order chi connectivity index (χ1) is 16.0. The van der Waals surface area contributed by atoms with Crippen LogP contribution in [0.4, 0.5) is 5.69 Å². The van der Waals surface area contributed by atoms with Crippen LogP contribution in [0.3, 0.4) is 0 Å². The Morgan fingerprint density at radius 1 is 1.06 bits per heavy atom. The van der Waals surface area contributed by atoms with Gasteiger partial charge in [-0.2, -0.15) is 0 Å². The smallest absolute Gasteiger partial charge is 0.274 e. The van der Waals surface area contributed by atoms with Crippen LogP contribution in [0.5, 0.6) is 5.75 Å². The van der Waals surface area contributed by atoms with Gasteiger partial charge in [0.15, 0.2) is 0 Å². The first-order valence-corrected chi connectivity index (χ1v) is 10.5. The molecule has 2 aliphatic rings. The van der Waals surface area contributed by atoms with Crippen LogP contribution in [0, 0.1) is 0 Å². The number of fused-ring (bicyclic) bond motifs is 2. The second-order valence-electron chi connectivity index (χ2n) is 7.83. The van der Waals surface area contributed by atoms with Crippen LogP contribution in [-0.2, 0) is 4.79 Å². The molecule has 1 saturated heterocycles. The molecule has 0 bridgehead atoms. The van der Waals surface area contributed by atoms with Crippen molar-refractivity contribution in [2.45, 2.75) is 6.04 Å². The van der Waals surface area contributed by atoms with E-state index < -0.39 is 6.04 Å². The van der Waals surface area contributed by atoms with Gasteiger partial charge in [-0.1, -0.05) is 18.2 Å². The van der Waals surface area contributed by atoms with E-state index in [1.165, 1.54) is 23.5 Å². The molecule has 0 aliphatic carbocycles. The highest BCUT2D eigenvalue weighted by Gasteiger charge is 2.40. The SMILES string of the molecule is COc1ccc(-c2ccc3c(c2)C(=O)N2CCN(C(=O)c4cnccn4)CC2C(=O)N3)cc1. The van der Waals surface area contributed by atoms with E-state index in [0.717, 1.165) is 16.9 Å². The standard InChI is InChI=1S/C24H21N5O4/c1-33-17-5-2-15(3-6-17)16-4-7-19-18(12-16)23(31)29-11-10-28(14-21(29)22(30)27-19)24(32)20-13-25-8-9-26-20/h2-9,12-13,21H,10-11,14H2,1H3,(H,27,30). The number of carbonyl (C=O) groups excluding carboxylic acids is 3. The van der Waals surface area contributed by atoms with Gasteiger partial charge in [0, 0.05) is 25.5 Å². The summed E-state index contributed by atoms with van der Waals surface area (Å²) in [7, 11) is 1.61. The lowest BCUT2D eigenvalue weighted by Gasteiger charge is -2.39. The van der Waals surface area contributed by atoms with Crippen molar-refractivity contribution in [3.05, 3.63) is 72.3 Å². The number of nitrogens with zero attached hydrogens (tertiary/aromatic N) is 4. The number of nitrogens with one attached hydrogen (secondary N) is 1. The van der Waals surface area contributed by atoms with E-state index in [1.54, 1.807) is 24.1 Å². The fraction of sp³-hybridized carbons (Fsp3) is 0.208. The second-order valence-corrected chi connectivity index (χ2v) is 7.83. The Labute approximate surface area is 190 Å². The van der Waals surface area contributed by atoms with E-state index >= 15 is 0 Å². The number of amides is 3. The number of piperazine rings is 1. The van der Waals surface area contributed by atoms with Gasteiger partial charge >= 0.3 is 0 Å². The first-order valence-electron chi connectivity index (χ1n) is 10.5. The van der Waals surface area contributed by atoms with Gasteiger partial charge in [0.25, 0.3) is 11.8 Å². The van der Waals surface area contributed by atoms with Crippen molar-refractivity contribution >= 4 is 23.4 Å². The lowest BCUT2D eigenvalue weighted by Crippen LogP contribution is -2.59. The number of anilines is 1. The Morgan fingerprint density at radius 3 is 2.58 bits per heavy atom. The molecule has 1 fully saturated rings. The summed E-state index contributed by atoms with van der Waals surface area (Å²) in [5.74, 6) is -0.133. The Bertz CT molecular complexity index is 1230. The molecule has 3 heterocycles. The van der Waals surface area contributed by atoms with Crippen molar-refractivity contribution in [1.29, 1.82) is 0 Å². The first kappa shape index (κ1) is 20.6. The van der Waals surface area contributed by atoms with Gasteiger partial charge < -0.3 is 19.9 Å². The predicted octanol–water partition coefficient (Wildman–Crippen LogP) is 2.07. The average molecular weight is 443 g/mol. The van der Waals surface area contributed by atoms with E-state index in [-0.39, 0.29) is 36.5 Å². The summed E-state index contributed by atoms with van der Waals surface area (Å²) in [5, 5.41) is 2.86. The van der Waals surface area contributed by atoms with E-state index in [1.807, 2.05) is 30.3 Å². The van der Waals surface area contributed by atoms with Gasteiger partial charge in [-0.05, 0) is 35.4 Å². The molecule has 33 heavy (non-hydrogen) atoms. The molecule has 3 aromatic rings. The van der Waals surface area contributed by atoms with Crippen LogP contribution >= 0.6 is 0 Å². The van der Waals surface area contributed by atoms with Crippen molar-refractivity contribution in [3.8, 4) is 16.9 Å². The minimum absolute atomic E-state index is 0.0896. The fourth-order valence-electron chi connectivity index (χ4n) is 4.17. The molecule has 0 radical (unpaired) electrons. The molecule has 1 aromatic heterocycles. The summed E-state index contributed by atoms with van der Waals surface area (Å²) < 4.78 is 5.21. The summed E-state index contributed by atoms with van der Waals surface area (Å²) in [6, 6.07) is 12.2. The van der Waals surface area contributed by atoms with Gasteiger partial charge in [-0.15, -0.1) is 0 Å². The summed E-state index contributed by atoms with van der Waals surface area (Å²) in [5.41, 5.74) is 2.88. The highest BCUT2D eigenvalue weighted by atomic mass is 16.5. The van der Waals surface area contributed by atoms with Gasteiger partial charge in [0.2, 0.25) is 5.91 Å². The van der Waals surface area contributed by atoms with Gasteiger partial charge in [0.1, 0.15) is 17.5 Å². The zero-order chi connectivity index (χ0) is 22.9. The molecule has 0 saturated carbocycles. The normalized spacial score (nSPS) is 17.5. The Balaban J connectivity index is 1.42. The van der Waals surface area contributed by atoms with E-state index in [4.69, 9.17) is 4.74 Å². The third-order valence-electron chi connectivity index (χ3n) is 5.94. The molecule has 5 rings (SSSR count). The Kier molecular flexibility index (Phi) is 5.21. The second kappa shape index (κ2) is 8.34. The summed E-state index contributed by atoms with van der Waals surface area (Å²) >= 11 is 0. The fourth-order valence-corrected chi connectivity index (χ4v) is 4.17. The largest absolute Gasteiger partial charge is 0.497 e. The van der Waals surface area contributed by atoms with Crippen LogP contribution in [0.15, 0.2) is 61.1 Å². The molecule has 9 heteroatoms. The third kappa shape index (κ3) is 3.78. The molecule has 166 valence electrons. The van der Waals surface area contributed by atoms with Crippen LogP contribution in [0.25, 0.3) is 11.1 Å². The van der Waals surface area contributed by atoms with Crippen molar-refractivity contribution in [3.63, 3.8) is 0 Å². The molecule has 2 aromatic carbocycles. The molecule has 1 N–H and O–H groups in total. The van der Waals surface area contributed by atoms with Crippen LogP contribution in [0.1, 0.15) is 20.8 Å². The van der Waals surface area contributed by atoms with E-state index in [2.05, 4.69) is 15.3 Å².